The Balaban J connectivity index is 1.42. The molecule has 0 aliphatic carbocycles. The third kappa shape index (κ3) is 4.02. The standard InChI is InChI=1S/C22H26N6O/c1-2-11-28(10-1)17-5-3-16(4-6-17)19-13-20-21(25-8-7-24-20)22(27-19)26-15-18-14-23-9-12-29-18/h3-8,13,18,23H,1-2,9-12,14-15H2,(H,26,27). The highest BCUT2D eigenvalue weighted by atomic mass is 16.5. The van der Waals surface area contributed by atoms with Crippen LogP contribution in [0.15, 0.2) is 42.7 Å². The van der Waals surface area contributed by atoms with Gasteiger partial charge in [-0.25, -0.2) is 9.97 Å². The van der Waals surface area contributed by atoms with Crippen LogP contribution in [0.4, 0.5) is 11.5 Å². The Labute approximate surface area is 170 Å². The van der Waals surface area contributed by atoms with Crippen molar-refractivity contribution in [1.29, 1.82) is 0 Å². The zero-order chi connectivity index (χ0) is 19.5. The fourth-order valence-corrected chi connectivity index (χ4v) is 4.02. The number of pyridine rings is 1. The zero-order valence-corrected chi connectivity index (χ0v) is 16.5. The molecule has 1 atom stereocenters. The van der Waals surface area contributed by atoms with Crippen molar-refractivity contribution in [3.8, 4) is 11.3 Å². The molecule has 4 heterocycles. The van der Waals surface area contributed by atoms with Crippen molar-refractivity contribution in [3.05, 3.63) is 42.7 Å². The van der Waals surface area contributed by atoms with E-state index in [9.17, 15) is 0 Å². The first-order valence-electron chi connectivity index (χ1n) is 10.4. The molecule has 0 amide bonds. The van der Waals surface area contributed by atoms with Crippen molar-refractivity contribution >= 4 is 22.5 Å². The lowest BCUT2D eigenvalue weighted by atomic mass is 10.1. The molecule has 0 saturated carbocycles. The lowest BCUT2D eigenvalue weighted by Gasteiger charge is -2.24. The number of benzene rings is 1. The number of anilines is 2. The highest BCUT2D eigenvalue weighted by Crippen LogP contribution is 2.28. The summed E-state index contributed by atoms with van der Waals surface area (Å²) >= 11 is 0. The van der Waals surface area contributed by atoms with Crippen LogP contribution < -0.4 is 15.5 Å². The summed E-state index contributed by atoms with van der Waals surface area (Å²) in [6.45, 7) is 5.47. The van der Waals surface area contributed by atoms with Gasteiger partial charge < -0.3 is 20.3 Å². The van der Waals surface area contributed by atoms with Gasteiger partial charge >= 0.3 is 0 Å². The first kappa shape index (κ1) is 18.3. The quantitative estimate of drug-likeness (QED) is 0.694. The molecule has 29 heavy (non-hydrogen) atoms. The molecule has 1 unspecified atom stereocenters. The van der Waals surface area contributed by atoms with Crippen LogP contribution in [0, 0.1) is 0 Å². The Hall–Kier alpha value is -2.77. The van der Waals surface area contributed by atoms with Gasteiger partial charge in [0.05, 0.1) is 23.9 Å². The van der Waals surface area contributed by atoms with E-state index in [0.717, 1.165) is 60.9 Å². The van der Waals surface area contributed by atoms with Crippen molar-refractivity contribution in [1.82, 2.24) is 20.3 Å². The van der Waals surface area contributed by atoms with Gasteiger partial charge in [-0.05, 0) is 31.0 Å². The van der Waals surface area contributed by atoms with Crippen molar-refractivity contribution in [2.75, 3.05) is 49.5 Å². The Kier molecular flexibility index (Phi) is 5.23. The maximum atomic E-state index is 5.80. The molecule has 1 aromatic carbocycles. The van der Waals surface area contributed by atoms with Crippen LogP contribution in [-0.4, -0.2) is 60.4 Å². The highest BCUT2D eigenvalue weighted by molar-refractivity contribution is 5.88. The van der Waals surface area contributed by atoms with E-state index in [1.165, 1.54) is 18.5 Å². The summed E-state index contributed by atoms with van der Waals surface area (Å²) in [7, 11) is 0. The second-order valence-corrected chi connectivity index (χ2v) is 7.60. The summed E-state index contributed by atoms with van der Waals surface area (Å²) in [4.78, 5) is 16.3. The van der Waals surface area contributed by atoms with Crippen molar-refractivity contribution in [2.45, 2.75) is 18.9 Å². The van der Waals surface area contributed by atoms with Crippen molar-refractivity contribution in [2.24, 2.45) is 0 Å². The second-order valence-electron chi connectivity index (χ2n) is 7.60. The Morgan fingerprint density at radius 1 is 1.10 bits per heavy atom. The van der Waals surface area contributed by atoms with Gasteiger partial charge in [0.15, 0.2) is 5.82 Å². The van der Waals surface area contributed by atoms with Crippen LogP contribution in [-0.2, 0) is 4.74 Å². The average Bonchev–Trinajstić information content (AvgIpc) is 3.33. The molecule has 0 radical (unpaired) electrons. The fourth-order valence-electron chi connectivity index (χ4n) is 4.02. The van der Waals surface area contributed by atoms with E-state index in [4.69, 9.17) is 9.72 Å². The summed E-state index contributed by atoms with van der Waals surface area (Å²) in [6.07, 6.45) is 6.11. The SMILES string of the molecule is c1cnc2c(NCC3CNCCO3)nc(-c3ccc(N4CCCC4)cc3)cc2n1. The number of hydrogen-bond acceptors (Lipinski definition) is 7. The maximum Gasteiger partial charge on any atom is 0.154 e. The third-order valence-electron chi connectivity index (χ3n) is 5.59. The summed E-state index contributed by atoms with van der Waals surface area (Å²) in [5.41, 5.74) is 4.89. The Morgan fingerprint density at radius 2 is 1.93 bits per heavy atom. The van der Waals surface area contributed by atoms with E-state index in [0.29, 0.717) is 6.54 Å². The second kappa shape index (κ2) is 8.31. The van der Waals surface area contributed by atoms with Gasteiger partial charge in [-0.3, -0.25) is 4.98 Å². The number of ether oxygens (including phenoxy) is 1. The summed E-state index contributed by atoms with van der Waals surface area (Å²) < 4.78 is 5.80. The Morgan fingerprint density at radius 3 is 2.72 bits per heavy atom. The molecular weight excluding hydrogens is 364 g/mol. The minimum atomic E-state index is 0.126. The van der Waals surface area contributed by atoms with Crippen LogP contribution in [0.1, 0.15) is 12.8 Å². The molecule has 0 bridgehead atoms. The zero-order valence-electron chi connectivity index (χ0n) is 16.5. The van der Waals surface area contributed by atoms with E-state index in [2.05, 4.69) is 49.8 Å². The van der Waals surface area contributed by atoms with E-state index in [-0.39, 0.29) is 6.10 Å². The van der Waals surface area contributed by atoms with Gasteiger partial charge in [-0.1, -0.05) is 12.1 Å². The van der Waals surface area contributed by atoms with Gasteiger partial charge in [-0.15, -0.1) is 0 Å². The topological polar surface area (TPSA) is 75.2 Å². The fraction of sp³-hybridized carbons (Fsp3) is 0.409. The van der Waals surface area contributed by atoms with E-state index >= 15 is 0 Å². The largest absolute Gasteiger partial charge is 0.374 e. The van der Waals surface area contributed by atoms with Crippen LogP contribution >= 0.6 is 0 Å². The molecular formula is C22H26N6O. The third-order valence-corrected chi connectivity index (χ3v) is 5.59. The minimum absolute atomic E-state index is 0.126. The molecule has 2 aromatic heterocycles. The molecule has 5 rings (SSSR count). The number of nitrogens with one attached hydrogen (secondary N) is 2. The average molecular weight is 390 g/mol. The van der Waals surface area contributed by atoms with Gasteiger partial charge in [0.1, 0.15) is 5.52 Å². The number of morpholine rings is 1. The van der Waals surface area contributed by atoms with Gasteiger partial charge in [-0.2, -0.15) is 0 Å². The van der Waals surface area contributed by atoms with E-state index < -0.39 is 0 Å². The van der Waals surface area contributed by atoms with Crippen LogP contribution in [0.3, 0.4) is 0 Å². The van der Waals surface area contributed by atoms with Gasteiger partial charge in [0.2, 0.25) is 0 Å². The van der Waals surface area contributed by atoms with Crippen LogP contribution in [0.5, 0.6) is 0 Å². The van der Waals surface area contributed by atoms with Gasteiger partial charge in [0, 0.05) is 56.4 Å². The molecule has 2 aliphatic heterocycles. The maximum absolute atomic E-state index is 5.80. The molecule has 2 aliphatic rings. The van der Waals surface area contributed by atoms with Crippen LogP contribution in [0.2, 0.25) is 0 Å². The summed E-state index contributed by atoms with van der Waals surface area (Å²) in [5, 5.41) is 6.79. The molecule has 7 nitrogen and oxygen atoms in total. The molecule has 2 N–H and O–H groups in total. The number of fused-ring (bicyclic) bond motifs is 1. The Bertz CT molecular complexity index is 965. The number of rotatable bonds is 5. The van der Waals surface area contributed by atoms with Crippen LogP contribution in [0.25, 0.3) is 22.3 Å². The predicted molar refractivity (Wildman–Crippen MR) is 115 cm³/mol. The number of nitrogens with zero attached hydrogens (tertiary/aromatic N) is 4. The number of hydrogen-bond donors (Lipinski definition) is 2. The lowest BCUT2D eigenvalue weighted by molar-refractivity contribution is 0.0372. The minimum Gasteiger partial charge on any atom is -0.374 e. The number of aromatic nitrogens is 3. The molecule has 2 fully saturated rings. The van der Waals surface area contributed by atoms with E-state index in [1.807, 2.05) is 6.07 Å². The lowest BCUT2D eigenvalue weighted by Crippen LogP contribution is -2.42. The normalized spacial score (nSPS) is 19.6. The predicted octanol–water partition coefficient (Wildman–Crippen LogP) is 2.69. The van der Waals surface area contributed by atoms with Crippen molar-refractivity contribution in [3.63, 3.8) is 0 Å². The van der Waals surface area contributed by atoms with Gasteiger partial charge in [0.25, 0.3) is 0 Å². The summed E-state index contributed by atoms with van der Waals surface area (Å²) in [5.74, 6) is 0.753. The van der Waals surface area contributed by atoms with E-state index in [1.54, 1.807) is 12.4 Å². The molecule has 150 valence electrons. The highest BCUT2D eigenvalue weighted by Gasteiger charge is 2.16. The first-order chi connectivity index (χ1) is 14.4. The molecule has 2 saturated heterocycles. The monoisotopic (exact) mass is 390 g/mol. The smallest absolute Gasteiger partial charge is 0.154 e. The first-order valence-corrected chi connectivity index (χ1v) is 10.4. The summed E-state index contributed by atoms with van der Waals surface area (Å²) in [6, 6.07) is 10.7. The molecule has 0 spiro atoms. The molecule has 3 aromatic rings. The molecule has 7 heteroatoms. The van der Waals surface area contributed by atoms with Crippen molar-refractivity contribution < 1.29 is 4.74 Å².